The van der Waals surface area contributed by atoms with E-state index in [2.05, 4.69) is 6.92 Å². The van der Waals surface area contributed by atoms with E-state index in [9.17, 15) is 0 Å². The Morgan fingerprint density at radius 3 is 2.12 bits per heavy atom. The van der Waals surface area contributed by atoms with Crippen LogP contribution < -0.4 is 5.73 Å². The number of alkyl halides is 3. The van der Waals surface area contributed by atoms with E-state index in [4.69, 9.17) is 45.3 Å². The van der Waals surface area contributed by atoms with Crippen LogP contribution in [-0.2, 0) is 4.74 Å². The first-order valence-corrected chi connectivity index (χ1v) is 7.04. The largest absolute Gasteiger partial charge is 0.372 e. The van der Waals surface area contributed by atoms with Crippen molar-refractivity contribution < 1.29 is 4.74 Å². The maximum atomic E-state index is 5.71. The van der Waals surface area contributed by atoms with Crippen molar-refractivity contribution >= 4 is 34.8 Å². The SMILES string of the molecule is CCCCCCCCO[C@@H](CN)C(Cl)(Cl)Cl. The summed E-state index contributed by atoms with van der Waals surface area (Å²) in [5.41, 5.74) is 5.46. The minimum absolute atomic E-state index is 0.229. The predicted octanol–water partition coefficient (Wildman–Crippen LogP) is 4.06. The summed E-state index contributed by atoms with van der Waals surface area (Å²) in [5.74, 6) is 0. The van der Waals surface area contributed by atoms with Crippen LogP contribution in [0.15, 0.2) is 0 Å². The quantitative estimate of drug-likeness (QED) is 0.513. The van der Waals surface area contributed by atoms with Crippen LogP contribution in [0.5, 0.6) is 0 Å². The van der Waals surface area contributed by atoms with Gasteiger partial charge in [0.15, 0.2) is 0 Å². The number of rotatable bonds is 9. The Balaban J connectivity index is 3.42. The fraction of sp³-hybridized carbons (Fsp3) is 1.00. The molecule has 1 atom stereocenters. The molecule has 5 heteroatoms. The molecule has 2 N–H and O–H groups in total. The van der Waals surface area contributed by atoms with E-state index >= 15 is 0 Å². The number of hydrogen-bond donors (Lipinski definition) is 1. The maximum absolute atomic E-state index is 5.71. The molecule has 0 saturated heterocycles. The summed E-state index contributed by atoms with van der Waals surface area (Å²) < 4.78 is 4.02. The van der Waals surface area contributed by atoms with Crippen molar-refractivity contribution in [1.29, 1.82) is 0 Å². The fourth-order valence-electron chi connectivity index (χ4n) is 1.40. The lowest BCUT2D eigenvalue weighted by molar-refractivity contribution is 0.0589. The second-order valence-electron chi connectivity index (χ2n) is 3.90. The minimum atomic E-state index is -1.42. The molecular weight excluding hydrogens is 268 g/mol. The number of unbranched alkanes of at least 4 members (excludes halogenated alkanes) is 5. The lowest BCUT2D eigenvalue weighted by Gasteiger charge is -2.23. The first kappa shape index (κ1) is 16.8. The summed E-state index contributed by atoms with van der Waals surface area (Å²) in [4.78, 5) is 0. The molecular formula is C11H22Cl3NO. The number of nitrogens with two attached hydrogens (primary N) is 1. The van der Waals surface area contributed by atoms with Gasteiger partial charge in [0, 0.05) is 13.2 Å². The van der Waals surface area contributed by atoms with Gasteiger partial charge in [-0.25, -0.2) is 0 Å². The summed E-state index contributed by atoms with van der Waals surface area (Å²) >= 11 is 17.1. The van der Waals surface area contributed by atoms with Gasteiger partial charge < -0.3 is 10.5 Å². The van der Waals surface area contributed by atoms with Gasteiger partial charge in [-0.05, 0) is 6.42 Å². The first-order valence-electron chi connectivity index (χ1n) is 5.90. The van der Waals surface area contributed by atoms with Crippen molar-refractivity contribution in [2.75, 3.05) is 13.2 Å². The molecule has 0 aliphatic carbocycles. The molecule has 0 bridgehead atoms. The molecule has 0 fully saturated rings. The van der Waals surface area contributed by atoms with Gasteiger partial charge in [0.1, 0.15) is 6.10 Å². The van der Waals surface area contributed by atoms with Crippen LogP contribution in [0.25, 0.3) is 0 Å². The van der Waals surface area contributed by atoms with Crippen LogP contribution in [0, 0.1) is 0 Å². The summed E-state index contributed by atoms with van der Waals surface area (Å²) in [5, 5.41) is 0. The Labute approximate surface area is 114 Å². The highest BCUT2D eigenvalue weighted by molar-refractivity contribution is 6.68. The van der Waals surface area contributed by atoms with Crippen molar-refractivity contribution in [3.8, 4) is 0 Å². The van der Waals surface area contributed by atoms with Crippen molar-refractivity contribution in [3.05, 3.63) is 0 Å². The Hall–Kier alpha value is 0.790. The van der Waals surface area contributed by atoms with E-state index in [0.29, 0.717) is 6.61 Å². The van der Waals surface area contributed by atoms with Gasteiger partial charge in [0.25, 0.3) is 0 Å². The normalized spacial score (nSPS) is 14.1. The van der Waals surface area contributed by atoms with Gasteiger partial charge in [-0.15, -0.1) is 0 Å². The van der Waals surface area contributed by atoms with Gasteiger partial charge in [0.05, 0.1) is 0 Å². The average Bonchev–Trinajstić information content (AvgIpc) is 2.20. The summed E-state index contributed by atoms with van der Waals surface area (Å²) in [6, 6.07) is 0. The third kappa shape index (κ3) is 8.89. The van der Waals surface area contributed by atoms with E-state index in [1.54, 1.807) is 0 Å². The molecule has 0 spiro atoms. The molecule has 0 amide bonds. The molecule has 0 radical (unpaired) electrons. The van der Waals surface area contributed by atoms with Crippen LogP contribution in [-0.4, -0.2) is 23.0 Å². The molecule has 0 rings (SSSR count). The Morgan fingerprint density at radius 1 is 1.06 bits per heavy atom. The second kappa shape index (κ2) is 9.78. The van der Waals surface area contributed by atoms with Crippen LogP contribution in [0.4, 0.5) is 0 Å². The highest BCUT2D eigenvalue weighted by Gasteiger charge is 2.32. The molecule has 0 aromatic carbocycles. The summed E-state index contributed by atoms with van der Waals surface area (Å²) in [6.45, 7) is 3.05. The van der Waals surface area contributed by atoms with Crippen molar-refractivity contribution in [1.82, 2.24) is 0 Å². The van der Waals surface area contributed by atoms with Gasteiger partial charge in [0.2, 0.25) is 3.79 Å². The predicted molar refractivity (Wildman–Crippen MR) is 72.5 cm³/mol. The smallest absolute Gasteiger partial charge is 0.217 e. The fourth-order valence-corrected chi connectivity index (χ4v) is 1.86. The zero-order valence-corrected chi connectivity index (χ0v) is 12.1. The first-order chi connectivity index (χ1) is 7.52. The molecule has 98 valence electrons. The highest BCUT2D eigenvalue weighted by Crippen LogP contribution is 2.31. The number of halogens is 3. The minimum Gasteiger partial charge on any atom is -0.372 e. The number of hydrogen-bond acceptors (Lipinski definition) is 2. The van der Waals surface area contributed by atoms with Gasteiger partial charge in [-0.2, -0.15) is 0 Å². The molecule has 0 aliphatic heterocycles. The number of ether oxygens (including phenoxy) is 1. The Kier molecular flexibility index (Phi) is 10.3. The monoisotopic (exact) mass is 289 g/mol. The summed E-state index contributed by atoms with van der Waals surface area (Å²) in [7, 11) is 0. The Bertz CT molecular complexity index is 162. The Morgan fingerprint density at radius 2 is 1.62 bits per heavy atom. The molecule has 0 heterocycles. The van der Waals surface area contributed by atoms with Crippen molar-refractivity contribution in [2.24, 2.45) is 5.73 Å². The molecule has 0 saturated carbocycles. The molecule has 0 aromatic rings. The zero-order chi connectivity index (χ0) is 12.4. The van der Waals surface area contributed by atoms with E-state index in [1.807, 2.05) is 0 Å². The van der Waals surface area contributed by atoms with Crippen molar-refractivity contribution in [2.45, 2.75) is 55.3 Å². The lowest BCUT2D eigenvalue weighted by Crippen LogP contribution is -2.36. The average molecular weight is 291 g/mol. The topological polar surface area (TPSA) is 35.2 Å². The molecule has 2 nitrogen and oxygen atoms in total. The van der Waals surface area contributed by atoms with Gasteiger partial charge in [-0.3, -0.25) is 0 Å². The van der Waals surface area contributed by atoms with Crippen LogP contribution in [0.2, 0.25) is 0 Å². The van der Waals surface area contributed by atoms with Crippen LogP contribution in [0.1, 0.15) is 45.4 Å². The van der Waals surface area contributed by atoms with Gasteiger partial charge in [-0.1, -0.05) is 73.8 Å². The molecule has 0 aliphatic rings. The lowest BCUT2D eigenvalue weighted by atomic mass is 10.1. The van der Waals surface area contributed by atoms with E-state index in [0.717, 1.165) is 12.8 Å². The third-order valence-electron chi connectivity index (χ3n) is 2.40. The van der Waals surface area contributed by atoms with Crippen LogP contribution >= 0.6 is 34.8 Å². The standard InChI is InChI=1S/C11H22Cl3NO/c1-2-3-4-5-6-7-8-16-10(9-15)11(12,13)14/h10H,2-9,15H2,1H3/t10-/m0/s1. The zero-order valence-electron chi connectivity index (χ0n) is 9.85. The summed E-state index contributed by atoms with van der Waals surface area (Å²) in [6.07, 6.45) is 6.77. The van der Waals surface area contributed by atoms with E-state index in [-0.39, 0.29) is 6.54 Å². The van der Waals surface area contributed by atoms with Crippen molar-refractivity contribution in [3.63, 3.8) is 0 Å². The second-order valence-corrected chi connectivity index (χ2v) is 6.27. The van der Waals surface area contributed by atoms with Gasteiger partial charge >= 0.3 is 0 Å². The van der Waals surface area contributed by atoms with E-state index < -0.39 is 9.90 Å². The molecule has 0 unspecified atom stereocenters. The highest BCUT2D eigenvalue weighted by atomic mass is 35.6. The van der Waals surface area contributed by atoms with E-state index in [1.165, 1.54) is 25.7 Å². The van der Waals surface area contributed by atoms with Crippen LogP contribution in [0.3, 0.4) is 0 Å². The third-order valence-corrected chi connectivity index (χ3v) is 3.13. The molecule has 16 heavy (non-hydrogen) atoms. The maximum Gasteiger partial charge on any atom is 0.217 e. The molecule has 0 aromatic heterocycles.